The number of aromatic nitrogens is 3. The normalized spacial score (nSPS) is 13.4. The van der Waals surface area contributed by atoms with Gasteiger partial charge in [-0.25, -0.2) is 9.50 Å². The van der Waals surface area contributed by atoms with Crippen LogP contribution in [0.3, 0.4) is 0 Å². The third kappa shape index (κ3) is 1.78. The number of nitrogens with zero attached hydrogens (tertiary/aromatic N) is 3. The number of pyridine rings is 1. The first-order valence-corrected chi connectivity index (χ1v) is 5.21. The van der Waals surface area contributed by atoms with Crippen molar-refractivity contribution in [2.45, 2.75) is 19.4 Å². The zero-order chi connectivity index (χ0) is 10.1. The number of halogens is 1. The van der Waals surface area contributed by atoms with E-state index in [0.717, 1.165) is 17.6 Å². The van der Waals surface area contributed by atoms with E-state index in [9.17, 15) is 0 Å². The summed E-state index contributed by atoms with van der Waals surface area (Å²) in [6, 6.07) is 4.11. The minimum atomic E-state index is 0.136. The minimum Gasteiger partial charge on any atom is -0.328 e. The summed E-state index contributed by atoms with van der Waals surface area (Å²) in [6.07, 6.45) is 2.69. The van der Waals surface area contributed by atoms with Gasteiger partial charge in [-0.05, 0) is 40.9 Å². The monoisotopic (exact) mass is 254 g/mol. The summed E-state index contributed by atoms with van der Waals surface area (Å²) in [6.45, 7) is 1.98. The lowest BCUT2D eigenvalue weighted by molar-refractivity contribution is 0.736. The van der Waals surface area contributed by atoms with E-state index >= 15 is 0 Å². The molecule has 2 heterocycles. The molecule has 0 fully saturated rings. The van der Waals surface area contributed by atoms with E-state index in [1.165, 1.54) is 0 Å². The molecule has 0 amide bonds. The molecule has 14 heavy (non-hydrogen) atoms. The topological polar surface area (TPSA) is 56.2 Å². The van der Waals surface area contributed by atoms with Gasteiger partial charge in [0, 0.05) is 12.2 Å². The molecule has 0 aliphatic carbocycles. The van der Waals surface area contributed by atoms with Gasteiger partial charge in [-0.3, -0.25) is 0 Å². The summed E-state index contributed by atoms with van der Waals surface area (Å²) in [7, 11) is 0. The summed E-state index contributed by atoms with van der Waals surface area (Å²) < 4.78 is 2.36. The average Bonchev–Trinajstić information content (AvgIpc) is 2.45. The van der Waals surface area contributed by atoms with Crippen molar-refractivity contribution < 1.29 is 0 Å². The van der Waals surface area contributed by atoms with Crippen LogP contribution in [0.25, 0.3) is 5.65 Å². The van der Waals surface area contributed by atoms with Crippen LogP contribution in [0.4, 0.5) is 0 Å². The molecule has 1 unspecified atom stereocenters. The van der Waals surface area contributed by atoms with Crippen molar-refractivity contribution in [1.29, 1.82) is 0 Å². The molecule has 0 radical (unpaired) electrons. The molecule has 0 saturated heterocycles. The number of fused-ring (bicyclic) bond motifs is 1. The third-order valence-electron chi connectivity index (χ3n) is 1.96. The average molecular weight is 255 g/mol. The smallest absolute Gasteiger partial charge is 0.218 e. The van der Waals surface area contributed by atoms with Crippen molar-refractivity contribution in [1.82, 2.24) is 14.6 Å². The SMILES string of the molecule is CC(N)Cc1cccn2nc(Br)nc12. The van der Waals surface area contributed by atoms with Crippen molar-refractivity contribution in [3.63, 3.8) is 0 Å². The van der Waals surface area contributed by atoms with Crippen molar-refractivity contribution in [2.75, 3.05) is 0 Å². The molecule has 0 spiro atoms. The molecule has 2 aromatic heterocycles. The lowest BCUT2D eigenvalue weighted by Crippen LogP contribution is -2.18. The Kier molecular flexibility index (Phi) is 2.52. The van der Waals surface area contributed by atoms with Gasteiger partial charge in [0.2, 0.25) is 4.73 Å². The Hall–Kier alpha value is -0.940. The molecule has 0 saturated carbocycles. The Balaban J connectivity index is 2.53. The van der Waals surface area contributed by atoms with Crippen molar-refractivity contribution in [3.05, 3.63) is 28.6 Å². The second-order valence-electron chi connectivity index (χ2n) is 3.36. The van der Waals surface area contributed by atoms with Gasteiger partial charge in [-0.15, -0.1) is 5.10 Å². The maximum absolute atomic E-state index is 5.75. The molecule has 74 valence electrons. The van der Waals surface area contributed by atoms with Crippen LogP contribution in [0.1, 0.15) is 12.5 Å². The summed E-state index contributed by atoms with van der Waals surface area (Å²) in [5.41, 5.74) is 7.75. The van der Waals surface area contributed by atoms with Crippen LogP contribution in [0.5, 0.6) is 0 Å². The minimum absolute atomic E-state index is 0.136. The summed E-state index contributed by atoms with van der Waals surface area (Å²) >= 11 is 3.25. The number of rotatable bonds is 2. The molecule has 2 rings (SSSR count). The molecule has 5 heteroatoms. The van der Waals surface area contributed by atoms with E-state index < -0.39 is 0 Å². The Labute approximate surface area is 90.3 Å². The van der Waals surface area contributed by atoms with E-state index in [4.69, 9.17) is 5.73 Å². The number of hydrogen-bond donors (Lipinski definition) is 1. The highest BCUT2D eigenvalue weighted by atomic mass is 79.9. The van der Waals surface area contributed by atoms with Crippen LogP contribution in [0.15, 0.2) is 23.1 Å². The fourth-order valence-corrected chi connectivity index (χ4v) is 1.78. The summed E-state index contributed by atoms with van der Waals surface area (Å²) in [4.78, 5) is 4.28. The molecule has 0 aromatic carbocycles. The van der Waals surface area contributed by atoms with Gasteiger partial charge in [0.15, 0.2) is 5.65 Å². The van der Waals surface area contributed by atoms with E-state index in [1.807, 2.05) is 25.3 Å². The van der Waals surface area contributed by atoms with Crippen molar-refractivity contribution in [3.8, 4) is 0 Å². The predicted molar refractivity (Wildman–Crippen MR) is 58.0 cm³/mol. The zero-order valence-electron chi connectivity index (χ0n) is 7.81. The second-order valence-corrected chi connectivity index (χ2v) is 4.07. The first kappa shape index (κ1) is 9.61. The molecule has 1 atom stereocenters. The Bertz CT molecular complexity index is 449. The van der Waals surface area contributed by atoms with E-state index in [2.05, 4.69) is 26.0 Å². The van der Waals surface area contributed by atoms with E-state index in [0.29, 0.717) is 4.73 Å². The van der Waals surface area contributed by atoms with Crippen LogP contribution in [-0.4, -0.2) is 20.6 Å². The fraction of sp³-hybridized carbons (Fsp3) is 0.333. The maximum atomic E-state index is 5.75. The lowest BCUT2D eigenvalue weighted by atomic mass is 10.1. The number of nitrogens with two attached hydrogens (primary N) is 1. The molecule has 4 nitrogen and oxygen atoms in total. The predicted octanol–water partition coefficient (Wildman–Crippen LogP) is 1.38. The zero-order valence-corrected chi connectivity index (χ0v) is 9.40. The molecule has 0 aliphatic heterocycles. The highest BCUT2D eigenvalue weighted by molar-refractivity contribution is 9.10. The van der Waals surface area contributed by atoms with Gasteiger partial charge >= 0.3 is 0 Å². The molecular weight excluding hydrogens is 244 g/mol. The third-order valence-corrected chi connectivity index (χ3v) is 2.30. The van der Waals surface area contributed by atoms with Gasteiger partial charge in [-0.2, -0.15) is 0 Å². The Morgan fingerprint density at radius 2 is 2.43 bits per heavy atom. The van der Waals surface area contributed by atoms with Gasteiger partial charge in [0.05, 0.1) is 0 Å². The summed E-state index contributed by atoms with van der Waals surface area (Å²) in [5.74, 6) is 0. The maximum Gasteiger partial charge on any atom is 0.218 e. The van der Waals surface area contributed by atoms with Crippen LogP contribution >= 0.6 is 15.9 Å². The van der Waals surface area contributed by atoms with Crippen LogP contribution < -0.4 is 5.73 Å². The molecule has 0 aliphatic rings. The first-order chi connectivity index (χ1) is 6.66. The standard InChI is InChI=1S/C9H11BrN4/c1-6(11)5-7-3-2-4-14-8(7)12-9(10)13-14/h2-4,6H,5,11H2,1H3. The largest absolute Gasteiger partial charge is 0.328 e. The van der Waals surface area contributed by atoms with Gasteiger partial charge in [0.1, 0.15) is 0 Å². The highest BCUT2D eigenvalue weighted by Gasteiger charge is 2.07. The Morgan fingerprint density at radius 3 is 3.14 bits per heavy atom. The lowest BCUT2D eigenvalue weighted by Gasteiger charge is -2.05. The van der Waals surface area contributed by atoms with Gasteiger partial charge in [0.25, 0.3) is 0 Å². The number of hydrogen-bond acceptors (Lipinski definition) is 3. The van der Waals surface area contributed by atoms with Crippen molar-refractivity contribution in [2.24, 2.45) is 5.73 Å². The Morgan fingerprint density at radius 1 is 1.64 bits per heavy atom. The van der Waals surface area contributed by atoms with Crippen molar-refractivity contribution >= 4 is 21.6 Å². The fourth-order valence-electron chi connectivity index (χ4n) is 1.44. The first-order valence-electron chi connectivity index (χ1n) is 4.42. The molecular formula is C9H11BrN4. The highest BCUT2D eigenvalue weighted by Crippen LogP contribution is 2.12. The van der Waals surface area contributed by atoms with Crippen LogP contribution in [0, 0.1) is 0 Å². The van der Waals surface area contributed by atoms with Crippen LogP contribution in [0.2, 0.25) is 0 Å². The summed E-state index contributed by atoms with van der Waals surface area (Å²) in [5, 5.41) is 4.16. The molecule has 2 N–H and O–H groups in total. The molecule has 0 bridgehead atoms. The van der Waals surface area contributed by atoms with E-state index in [1.54, 1.807) is 4.52 Å². The second kappa shape index (κ2) is 3.67. The van der Waals surface area contributed by atoms with Gasteiger partial charge < -0.3 is 5.73 Å². The van der Waals surface area contributed by atoms with E-state index in [-0.39, 0.29) is 6.04 Å². The van der Waals surface area contributed by atoms with Crippen LogP contribution in [-0.2, 0) is 6.42 Å². The quantitative estimate of drug-likeness (QED) is 0.882. The van der Waals surface area contributed by atoms with Gasteiger partial charge in [-0.1, -0.05) is 6.07 Å². The molecule has 2 aromatic rings.